The number of carboxylic acids is 1. The molecule has 0 aliphatic heterocycles. The molecule has 3 amide bonds. The fourth-order valence-electron chi connectivity index (χ4n) is 2.36. The van der Waals surface area contributed by atoms with Crippen molar-refractivity contribution in [1.82, 2.24) is 16.0 Å². The molecule has 3 unspecified atom stereocenters. The maximum atomic E-state index is 12.4. The molecule has 0 saturated carbocycles. The van der Waals surface area contributed by atoms with Crippen LogP contribution in [0.15, 0.2) is 4.99 Å². The predicted molar refractivity (Wildman–Crippen MR) is 116 cm³/mol. The van der Waals surface area contributed by atoms with Crippen molar-refractivity contribution in [2.75, 3.05) is 18.8 Å². The average Bonchev–Trinajstić information content (AvgIpc) is 2.65. The predicted octanol–water partition coefficient (Wildman–Crippen LogP) is -2.49. The summed E-state index contributed by atoms with van der Waals surface area (Å²) in [5.41, 5.74) is 16.2. The van der Waals surface area contributed by atoms with E-state index in [4.69, 9.17) is 22.3 Å². The number of aliphatic imine (C=N–C) groups is 1. The van der Waals surface area contributed by atoms with E-state index in [0.717, 1.165) is 0 Å². The normalized spacial score (nSPS) is 13.6. The molecular weight excluding hydrogens is 414 g/mol. The minimum Gasteiger partial charge on any atom is -0.480 e. The minimum absolute atomic E-state index is 0.0475. The van der Waals surface area contributed by atoms with E-state index in [1.54, 1.807) is 0 Å². The Kier molecular flexibility index (Phi) is 13.2. The number of aliphatic carboxylic acids is 1. The van der Waals surface area contributed by atoms with Crippen LogP contribution < -0.4 is 33.2 Å². The summed E-state index contributed by atoms with van der Waals surface area (Å²) in [7, 11) is 0. The first-order valence-electron chi connectivity index (χ1n) is 9.50. The van der Waals surface area contributed by atoms with E-state index >= 15 is 0 Å². The molecule has 3 atom stereocenters. The number of nitrogens with zero attached hydrogens (tertiary/aromatic N) is 1. The van der Waals surface area contributed by atoms with Crippen LogP contribution in [0.2, 0.25) is 0 Å². The molecule has 13 heteroatoms. The SMILES string of the molecule is CC(C)CC(NC(=O)CNC(=O)C(N)CCCN=C(N)N)C(=O)NC(CS)C(=O)O. The molecule has 0 fully saturated rings. The Balaban J connectivity index is 4.64. The molecule has 172 valence electrons. The molecule has 0 aliphatic carbocycles. The van der Waals surface area contributed by atoms with Crippen molar-refractivity contribution in [1.29, 1.82) is 0 Å². The lowest BCUT2D eigenvalue weighted by molar-refractivity contribution is -0.141. The number of hydrogen-bond donors (Lipinski definition) is 8. The highest BCUT2D eigenvalue weighted by atomic mass is 32.1. The van der Waals surface area contributed by atoms with Gasteiger partial charge in [0.2, 0.25) is 17.7 Å². The van der Waals surface area contributed by atoms with Crippen LogP contribution in [0.5, 0.6) is 0 Å². The molecule has 0 aromatic rings. The zero-order chi connectivity index (χ0) is 23.3. The van der Waals surface area contributed by atoms with Crippen LogP contribution >= 0.6 is 12.6 Å². The lowest BCUT2D eigenvalue weighted by Gasteiger charge is -2.22. The number of rotatable bonds is 14. The maximum absolute atomic E-state index is 12.4. The highest BCUT2D eigenvalue weighted by Crippen LogP contribution is 2.06. The molecule has 0 aromatic heterocycles. The number of amides is 3. The summed E-state index contributed by atoms with van der Waals surface area (Å²) in [5, 5.41) is 16.3. The first-order chi connectivity index (χ1) is 14.0. The molecule has 10 N–H and O–H groups in total. The van der Waals surface area contributed by atoms with Gasteiger partial charge in [-0.05, 0) is 25.2 Å². The van der Waals surface area contributed by atoms with Crippen LogP contribution in [0.25, 0.3) is 0 Å². The van der Waals surface area contributed by atoms with Gasteiger partial charge in [0.05, 0.1) is 12.6 Å². The van der Waals surface area contributed by atoms with Crippen molar-refractivity contribution in [3.63, 3.8) is 0 Å². The molecule has 12 nitrogen and oxygen atoms in total. The Labute approximate surface area is 181 Å². The third-order valence-electron chi connectivity index (χ3n) is 3.88. The van der Waals surface area contributed by atoms with Crippen LogP contribution in [0.3, 0.4) is 0 Å². The van der Waals surface area contributed by atoms with Gasteiger partial charge in [-0.2, -0.15) is 12.6 Å². The standard InChI is InChI=1S/C17H33N7O5S/c1-9(2)6-11(15(27)24-12(8-30)16(28)29)23-13(25)7-22-14(26)10(18)4-3-5-21-17(19)20/h9-12,30H,3-8,18H2,1-2H3,(H,22,26)(H,23,25)(H,24,27)(H,28,29)(H4,19,20,21). The fourth-order valence-corrected chi connectivity index (χ4v) is 2.60. The van der Waals surface area contributed by atoms with Gasteiger partial charge in [-0.1, -0.05) is 13.8 Å². The summed E-state index contributed by atoms with van der Waals surface area (Å²) >= 11 is 3.89. The maximum Gasteiger partial charge on any atom is 0.327 e. The van der Waals surface area contributed by atoms with E-state index in [1.807, 2.05) is 13.8 Å². The Morgan fingerprint density at radius 2 is 1.70 bits per heavy atom. The van der Waals surface area contributed by atoms with Crippen molar-refractivity contribution in [2.45, 2.75) is 51.2 Å². The molecule has 0 saturated heterocycles. The van der Waals surface area contributed by atoms with Gasteiger partial charge in [-0.3, -0.25) is 19.4 Å². The number of carboxylic acid groups (broad SMARTS) is 1. The molecular formula is C17H33N7O5S. The van der Waals surface area contributed by atoms with Gasteiger partial charge >= 0.3 is 5.97 Å². The van der Waals surface area contributed by atoms with Crippen molar-refractivity contribution in [2.24, 2.45) is 28.1 Å². The molecule has 0 heterocycles. The van der Waals surface area contributed by atoms with Crippen molar-refractivity contribution in [3.05, 3.63) is 0 Å². The number of carbonyl (C=O) groups excluding carboxylic acids is 3. The number of nitrogens with two attached hydrogens (primary N) is 3. The Bertz CT molecular complexity index is 626. The lowest BCUT2D eigenvalue weighted by atomic mass is 10.0. The quantitative estimate of drug-likeness (QED) is 0.0615. The smallest absolute Gasteiger partial charge is 0.327 e. The van der Waals surface area contributed by atoms with Crippen molar-refractivity contribution in [3.8, 4) is 0 Å². The second kappa shape index (κ2) is 14.4. The zero-order valence-corrected chi connectivity index (χ0v) is 18.2. The third-order valence-corrected chi connectivity index (χ3v) is 4.25. The van der Waals surface area contributed by atoms with E-state index in [-0.39, 0.29) is 30.6 Å². The largest absolute Gasteiger partial charge is 0.480 e. The Morgan fingerprint density at radius 1 is 1.07 bits per heavy atom. The molecule has 0 bridgehead atoms. The summed E-state index contributed by atoms with van der Waals surface area (Å²) in [4.78, 5) is 51.4. The zero-order valence-electron chi connectivity index (χ0n) is 17.3. The van der Waals surface area contributed by atoms with Crippen LogP contribution in [0.4, 0.5) is 0 Å². The second-order valence-corrected chi connectivity index (χ2v) is 7.47. The van der Waals surface area contributed by atoms with Crippen molar-refractivity contribution < 1.29 is 24.3 Å². The second-order valence-electron chi connectivity index (χ2n) is 7.10. The highest BCUT2D eigenvalue weighted by molar-refractivity contribution is 7.80. The summed E-state index contributed by atoms with van der Waals surface area (Å²) < 4.78 is 0. The van der Waals surface area contributed by atoms with Gasteiger partial charge in [-0.15, -0.1) is 0 Å². The monoisotopic (exact) mass is 447 g/mol. The van der Waals surface area contributed by atoms with E-state index < -0.39 is 41.8 Å². The minimum atomic E-state index is -1.23. The van der Waals surface area contributed by atoms with Crippen LogP contribution in [-0.2, 0) is 19.2 Å². The molecule has 0 aliphatic rings. The fraction of sp³-hybridized carbons (Fsp3) is 0.706. The van der Waals surface area contributed by atoms with Gasteiger partial charge in [0.25, 0.3) is 0 Å². The summed E-state index contributed by atoms with van der Waals surface area (Å²) in [6, 6.07) is -2.97. The number of hydrogen-bond acceptors (Lipinski definition) is 7. The van der Waals surface area contributed by atoms with Crippen LogP contribution in [-0.4, -0.2) is 71.7 Å². The van der Waals surface area contributed by atoms with Gasteiger partial charge in [-0.25, -0.2) is 4.79 Å². The Morgan fingerprint density at radius 3 is 2.20 bits per heavy atom. The van der Waals surface area contributed by atoms with Gasteiger partial charge in [0.1, 0.15) is 12.1 Å². The summed E-state index contributed by atoms with van der Waals surface area (Å²) in [6.45, 7) is 3.66. The molecule has 30 heavy (non-hydrogen) atoms. The van der Waals surface area contributed by atoms with Crippen LogP contribution in [0, 0.1) is 5.92 Å². The number of guanidine groups is 1. The number of carbonyl (C=O) groups is 4. The number of thiol groups is 1. The van der Waals surface area contributed by atoms with Crippen LogP contribution in [0.1, 0.15) is 33.1 Å². The van der Waals surface area contributed by atoms with Gasteiger partial charge < -0.3 is 38.3 Å². The molecule has 0 rings (SSSR count). The van der Waals surface area contributed by atoms with E-state index in [2.05, 4.69) is 33.6 Å². The first kappa shape index (κ1) is 27.5. The van der Waals surface area contributed by atoms with Gasteiger partial charge in [0.15, 0.2) is 5.96 Å². The van der Waals surface area contributed by atoms with Crippen molar-refractivity contribution >= 4 is 42.3 Å². The summed E-state index contributed by atoms with van der Waals surface area (Å²) in [5.74, 6) is -3.09. The summed E-state index contributed by atoms with van der Waals surface area (Å²) in [6.07, 6.45) is 1.10. The molecule has 0 aromatic carbocycles. The van der Waals surface area contributed by atoms with E-state index in [9.17, 15) is 19.2 Å². The highest BCUT2D eigenvalue weighted by Gasteiger charge is 2.26. The average molecular weight is 448 g/mol. The van der Waals surface area contributed by atoms with E-state index in [0.29, 0.717) is 19.4 Å². The van der Waals surface area contributed by atoms with Gasteiger partial charge in [0, 0.05) is 12.3 Å². The Hall–Kier alpha value is -2.54. The first-order valence-corrected chi connectivity index (χ1v) is 10.1. The topological polar surface area (TPSA) is 215 Å². The van der Waals surface area contributed by atoms with E-state index in [1.165, 1.54) is 0 Å². The lowest BCUT2D eigenvalue weighted by Crippen LogP contribution is -2.54. The number of nitrogens with one attached hydrogen (secondary N) is 3. The third kappa shape index (κ3) is 12.1. The molecule has 0 radical (unpaired) electrons. The molecule has 0 spiro atoms.